The largest absolute Gasteiger partial charge is 0.355 e. The lowest BCUT2D eigenvalue weighted by molar-refractivity contribution is -0.384. The van der Waals surface area contributed by atoms with E-state index in [2.05, 4.69) is 5.32 Å². The maximum absolute atomic E-state index is 12.2. The monoisotopic (exact) mass is 420 g/mol. The second-order valence-corrected chi connectivity index (χ2v) is 8.29. The molecule has 1 atom stereocenters. The van der Waals surface area contributed by atoms with Crippen LogP contribution in [0.5, 0.6) is 0 Å². The number of carbonyl (C=O) groups excluding carboxylic acids is 1. The Balaban J connectivity index is 1.84. The fourth-order valence-electron chi connectivity index (χ4n) is 2.76. The SMILES string of the molecule is C[C@H](c1cccc([N+](=O)[O-])c1)N(C)CC(=O)NCCc1ccc(S(N)(=O)=O)cc1. The molecule has 156 valence electrons. The van der Waals surface area contributed by atoms with E-state index in [0.717, 1.165) is 11.1 Å². The molecule has 0 aliphatic heterocycles. The highest BCUT2D eigenvalue weighted by Crippen LogP contribution is 2.22. The van der Waals surface area contributed by atoms with E-state index < -0.39 is 14.9 Å². The topological polar surface area (TPSA) is 136 Å². The molecule has 0 saturated carbocycles. The van der Waals surface area contributed by atoms with Crippen LogP contribution in [0.3, 0.4) is 0 Å². The van der Waals surface area contributed by atoms with Gasteiger partial charge in [-0.2, -0.15) is 0 Å². The van der Waals surface area contributed by atoms with Crippen molar-refractivity contribution in [2.75, 3.05) is 20.1 Å². The quantitative estimate of drug-likeness (QED) is 0.467. The molecule has 0 aliphatic rings. The Bertz CT molecular complexity index is 976. The smallest absolute Gasteiger partial charge is 0.269 e. The number of nitrogens with two attached hydrogens (primary N) is 1. The molecule has 10 heteroatoms. The average molecular weight is 420 g/mol. The predicted octanol–water partition coefficient (Wildman–Crippen LogP) is 1.59. The molecule has 2 aromatic carbocycles. The number of amides is 1. The van der Waals surface area contributed by atoms with Crippen LogP contribution in [0.15, 0.2) is 53.4 Å². The third kappa shape index (κ3) is 6.63. The van der Waals surface area contributed by atoms with E-state index in [1.165, 1.54) is 24.3 Å². The molecule has 2 rings (SSSR count). The Morgan fingerprint density at radius 2 is 1.90 bits per heavy atom. The minimum Gasteiger partial charge on any atom is -0.355 e. The Kier molecular flexibility index (Phi) is 7.43. The lowest BCUT2D eigenvalue weighted by atomic mass is 10.1. The van der Waals surface area contributed by atoms with E-state index in [-0.39, 0.29) is 29.1 Å². The summed E-state index contributed by atoms with van der Waals surface area (Å²) in [5.74, 6) is -0.175. The number of non-ortho nitro benzene ring substituents is 1. The molecule has 0 aliphatic carbocycles. The van der Waals surface area contributed by atoms with Crippen molar-refractivity contribution in [3.05, 3.63) is 69.8 Å². The minimum absolute atomic E-state index is 0.0145. The molecular formula is C19H24N4O5S. The number of sulfonamides is 1. The number of likely N-dealkylation sites (N-methyl/N-ethyl adjacent to an activating group) is 1. The number of nitrogens with one attached hydrogen (secondary N) is 1. The zero-order valence-corrected chi connectivity index (χ0v) is 17.1. The van der Waals surface area contributed by atoms with Crippen molar-refractivity contribution in [1.29, 1.82) is 0 Å². The average Bonchev–Trinajstić information content (AvgIpc) is 2.67. The lowest BCUT2D eigenvalue weighted by Crippen LogP contribution is -2.37. The molecule has 0 radical (unpaired) electrons. The van der Waals surface area contributed by atoms with Gasteiger partial charge in [-0.1, -0.05) is 24.3 Å². The Hall–Kier alpha value is -2.82. The third-order valence-corrected chi connectivity index (χ3v) is 5.53. The molecule has 0 aromatic heterocycles. The molecule has 0 bridgehead atoms. The molecular weight excluding hydrogens is 396 g/mol. The maximum Gasteiger partial charge on any atom is 0.269 e. The van der Waals surface area contributed by atoms with Gasteiger partial charge in [0.2, 0.25) is 15.9 Å². The number of nitro benzene ring substituents is 1. The van der Waals surface area contributed by atoms with Crippen LogP contribution in [-0.2, 0) is 21.2 Å². The second kappa shape index (κ2) is 9.59. The molecule has 3 N–H and O–H groups in total. The number of benzene rings is 2. The molecule has 0 heterocycles. The highest BCUT2D eigenvalue weighted by Gasteiger charge is 2.17. The highest BCUT2D eigenvalue weighted by atomic mass is 32.2. The molecule has 29 heavy (non-hydrogen) atoms. The van der Waals surface area contributed by atoms with Crippen LogP contribution >= 0.6 is 0 Å². The Labute approximate surface area is 169 Å². The van der Waals surface area contributed by atoms with Crippen LogP contribution in [0.25, 0.3) is 0 Å². The third-order valence-electron chi connectivity index (χ3n) is 4.61. The summed E-state index contributed by atoms with van der Waals surface area (Å²) in [7, 11) is -1.95. The van der Waals surface area contributed by atoms with Gasteiger partial charge in [-0.25, -0.2) is 13.6 Å². The van der Waals surface area contributed by atoms with Crippen molar-refractivity contribution in [1.82, 2.24) is 10.2 Å². The van der Waals surface area contributed by atoms with Gasteiger partial charge in [0, 0.05) is 24.7 Å². The highest BCUT2D eigenvalue weighted by molar-refractivity contribution is 7.89. The normalized spacial score (nSPS) is 12.6. The number of hydrogen-bond donors (Lipinski definition) is 2. The van der Waals surface area contributed by atoms with Crippen LogP contribution in [-0.4, -0.2) is 44.3 Å². The number of rotatable bonds is 9. The summed E-state index contributed by atoms with van der Waals surface area (Å²) in [5, 5.41) is 18.8. The fourth-order valence-corrected chi connectivity index (χ4v) is 3.28. The molecule has 9 nitrogen and oxygen atoms in total. The maximum atomic E-state index is 12.2. The van der Waals surface area contributed by atoms with Crippen LogP contribution in [0, 0.1) is 10.1 Å². The van der Waals surface area contributed by atoms with Gasteiger partial charge in [0.25, 0.3) is 5.69 Å². The number of carbonyl (C=O) groups is 1. The Morgan fingerprint density at radius 1 is 1.24 bits per heavy atom. The van der Waals surface area contributed by atoms with Gasteiger partial charge in [-0.05, 0) is 43.7 Å². The van der Waals surface area contributed by atoms with Gasteiger partial charge < -0.3 is 5.32 Å². The lowest BCUT2D eigenvalue weighted by Gasteiger charge is -2.24. The van der Waals surface area contributed by atoms with E-state index in [1.807, 2.05) is 6.92 Å². The van der Waals surface area contributed by atoms with E-state index in [0.29, 0.717) is 13.0 Å². The first-order valence-corrected chi connectivity index (χ1v) is 10.5. The summed E-state index contributed by atoms with van der Waals surface area (Å²) in [6.45, 7) is 2.40. The standard InChI is InChI=1S/C19H24N4O5S/c1-14(16-4-3-5-17(12-16)23(25)26)22(2)13-19(24)21-11-10-15-6-8-18(9-7-15)29(20,27)28/h3-9,12,14H,10-11,13H2,1-2H3,(H,21,24)(H2,20,27,28)/t14-/m1/s1. The number of primary sulfonamides is 1. The molecule has 2 aromatic rings. The summed E-state index contributed by atoms with van der Waals surface area (Å²) < 4.78 is 22.5. The van der Waals surface area contributed by atoms with Crippen molar-refractivity contribution in [2.24, 2.45) is 5.14 Å². The van der Waals surface area contributed by atoms with Crippen LogP contribution in [0.1, 0.15) is 24.1 Å². The summed E-state index contributed by atoms with van der Waals surface area (Å²) in [5.41, 5.74) is 1.64. The molecule has 1 amide bonds. The molecule has 0 spiro atoms. The van der Waals surface area contributed by atoms with Crippen molar-refractivity contribution in [2.45, 2.75) is 24.3 Å². The summed E-state index contributed by atoms with van der Waals surface area (Å²) in [6.07, 6.45) is 0.542. The van der Waals surface area contributed by atoms with Crippen LogP contribution in [0.4, 0.5) is 5.69 Å². The van der Waals surface area contributed by atoms with Gasteiger partial charge in [0.15, 0.2) is 0 Å². The second-order valence-electron chi connectivity index (χ2n) is 6.73. The van der Waals surface area contributed by atoms with Gasteiger partial charge in [-0.15, -0.1) is 0 Å². The van der Waals surface area contributed by atoms with Gasteiger partial charge in [0.05, 0.1) is 16.4 Å². The van der Waals surface area contributed by atoms with Crippen molar-refractivity contribution < 1.29 is 18.1 Å². The van der Waals surface area contributed by atoms with Gasteiger partial charge in [-0.3, -0.25) is 19.8 Å². The van der Waals surface area contributed by atoms with Gasteiger partial charge in [0.1, 0.15) is 0 Å². The minimum atomic E-state index is -3.72. The van der Waals surface area contributed by atoms with Crippen molar-refractivity contribution in [3.8, 4) is 0 Å². The van der Waals surface area contributed by atoms with E-state index in [9.17, 15) is 23.3 Å². The van der Waals surface area contributed by atoms with Crippen LogP contribution < -0.4 is 10.5 Å². The number of hydrogen-bond acceptors (Lipinski definition) is 6. The summed E-state index contributed by atoms with van der Waals surface area (Å²) in [4.78, 5) is 24.5. The summed E-state index contributed by atoms with van der Waals surface area (Å²) >= 11 is 0. The first-order chi connectivity index (χ1) is 13.6. The first kappa shape index (κ1) is 22.5. The molecule has 0 saturated heterocycles. The van der Waals surface area contributed by atoms with Crippen LogP contribution in [0.2, 0.25) is 0 Å². The van der Waals surface area contributed by atoms with E-state index in [4.69, 9.17) is 5.14 Å². The first-order valence-electron chi connectivity index (χ1n) is 8.91. The fraction of sp³-hybridized carbons (Fsp3) is 0.316. The zero-order chi connectivity index (χ0) is 21.6. The zero-order valence-electron chi connectivity index (χ0n) is 16.2. The number of nitro groups is 1. The van der Waals surface area contributed by atoms with Crippen molar-refractivity contribution >= 4 is 21.6 Å². The van der Waals surface area contributed by atoms with E-state index in [1.54, 1.807) is 36.2 Å². The predicted molar refractivity (Wildman–Crippen MR) is 109 cm³/mol. The number of nitrogens with zero attached hydrogens (tertiary/aromatic N) is 2. The van der Waals surface area contributed by atoms with Gasteiger partial charge >= 0.3 is 0 Å². The molecule has 0 unspecified atom stereocenters. The summed E-state index contributed by atoms with van der Waals surface area (Å²) in [6, 6.07) is 12.3. The van der Waals surface area contributed by atoms with E-state index >= 15 is 0 Å². The Morgan fingerprint density at radius 3 is 2.48 bits per heavy atom. The molecule has 0 fully saturated rings. The van der Waals surface area contributed by atoms with Crippen molar-refractivity contribution in [3.63, 3.8) is 0 Å².